The Kier molecular flexibility index (Phi) is 36.0. The number of fused-ring (bicyclic) bond motifs is 2. The van der Waals surface area contributed by atoms with Crippen LogP contribution in [0.2, 0.25) is 0 Å². The van der Waals surface area contributed by atoms with Crippen molar-refractivity contribution in [2.24, 2.45) is 0 Å². The fourth-order valence-corrected chi connectivity index (χ4v) is 3.45. The molecule has 0 heterocycles. The third-order valence-corrected chi connectivity index (χ3v) is 4.90. The average Bonchev–Trinajstić information content (AvgIpc) is 3.73. The van der Waals surface area contributed by atoms with Crippen LogP contribution in [0.25, 0.3) is 10.8 Å². The van der Waals surface area contributed by atoms with Gasteiger partial charge in [0.1, 0.15) is 0 Å². The van der Waals surface area contributed by atoms with Crippen LogP contribution in [0.15, 0.2) is 66.7 Å². The van der Waals surface area contributed by atoms with Gasteiger partial charge < -0.3 is 13.8 Å². The first-order chi connectivity index (χ1) is 17.9. The first-order valence-electron chi connectivity index (χ1n) is 14.4. The summed E-state index contributed by atoms with van der Waals surface area (Å²) in [5, 5.41) is 2.49. The van der Waals surface area contributed by atoms with Crippen molar-refractivity contribution in [2.45, 2.75) is 101 Å². The Morgan fingerprint density at radius 1 is 0.658 bits per heavy atom. The molecule has 3 aromatic rings. The Labute approximate surface area is 264 Å². The van der Waals surface area contributed by atoms with E-state index in [1.807, 2.05) is 69.2 Å². The number of hydrogen-bond donors (Lipinski definition) is 0. The summed E-state index contributed by atoms with van der Waals surface area (Å²) >= 11 is 0. The predicted molar refractivity (Wildman–Crippen MR) is 173 cm³/mol. The molecule has 0 saturated heterocycles. The topological polar surface area (TPSA) is 0 Å². The smallest absolute Gasteiger partial charge is 0.358 e. The summed E-state index contributed by atoms with van der Waals surface area (Å²) in [5.74, 6) is 6.61. The first-order valence-corrected chi connectivity index (χ1v) is 14.4. The van der Waals surface area contributed by atoms with E-state index in [-0.39, 0.29) is 40.1 Å². The van der Waals surface area contributed by atoms with E-state index in [0.717, 1.165) is 17.5 Å². The standard InChI is InChI=1S/C21H13.C5H9.5C2H6.CH3.Y/c1-2-6-20-15-16(11-13-17(20)5-1)12-14-19-8-3-7-18-9-4-10-21(18)19;1-2-4-5-3-1;5*1-2;;/h1-8,11,13,15H,10H2;1H,2-5H2;5*1-2H3;1H3;/q2*-1;;;;;;-1;+3. The van der Waals surface area contributed by atoms with Crippen molar-refractivity contribution in [2.75, 3.05) is 0 Å². The number of rotatable bonds is 0. The van der Waals surface area contributed by atoms with E-state index in [0.29, 0.717) is 0 Å². The van der Waals surface area contributed by atoms with Gasteiger partial charge in [-0.3, -0.25) is 0 Å². The molecular formula is C37H55Y. The molecule has 0 unspecified atom stereocenters. The molecule has 1 saturated carbocycles. The predicted octanol–water partition coefficient (Wildman–Crippen LogP) is 11.8. The summed E-state index contributed by atoms with van der Waals surface area (Å²) in [5.41, 5.74) is 4.65. The van der Waals surface area contributed by atoms with Gasteiger partial charge in [0.15, 0.2) is 0 Å². The molecule has 0 aliphatic heterocycles. The van der Waals surface area contributed by atoms with Crippen LogP contribution in [0.1, 0.15) is 117 Å². The monoisotopic (exact) mass is 588 g/mol. The van der Waals surface area contributed by atoms with Crippen LogP contribution < -0.4 is 0 Å². The van der Waals surface area contributed by atoms with E-state index in [9.17, 15) is 0 Å². The van der Waals surface area contributed by atoms with Gasteiger partial charge in [0, 0.05) is 5.56 Å². The van der Waals surface area contributed by atoms with Crippen LogP contribution in [-0.2, 0) is 39.1 Å². The van der Waals surface area contributed by atoms with E-state index in [1.54, 1.807) is 0 Å². The van der Waals surface area contributed by atoms with Gasteiger partial charge in [0.05, 0.1) is 0 Å². The van der Waals surface area contributed by atoms with Gasteiger partial charge in [-0.2, -0.15) is 36.6 Å². The van der Waals surface area contributed by atoms with Gasteiger partial charge >= 0.3 is 32.7 Å². The second kappa shape index (κ2) is 31.5. The van der Waals surface area contributed by atoms with Crippen molar-refractivity contribution < 1.29 is 32.7 Å². The molecule has 38 heavy (non-hydrogen) atoms. The van der Waals surface area contributed by atoms with Crippen molar-refractivity contribution in [1.82, 2.24) is 0 Å². The molecule has 0 N–H and O–H groups in total. The maximum absolute atomic E-state index is 3.32. The molecule has 1 fully saturated rings. The van der Waals surface area contributed by atoms with Crippen molar-refractivity contribution in [3.63, 3.8) is 0 Å². The van der Waals surface area contributed by atoms with Gasteiger partial charge in [-0.15, -0.1) is 11.6 Å². The zero-order valence-corrected chi connectivity index (χ0v) is 29.4. The zero-order valence-electron chi connectivity index (χ0n) is 26.5. The van der Waals surface area contributed by atoms with Crippen LogP contribution >= 0.6 is 0 Å². The Hall–Kier alpha value is -1.68. The van der Waals surface area contributed by atoms with E-state index in [2.05, 4.69) is 91.1 Å². The van der Waals surface area contributed by atoms with Crippen molar-refractivity contribution in [3.05, 3.63) is 109 Å². The first kappa shape index (κ1) is 43.4. The van der Waals surface area contributed by atoms with Crippen LogP contribution in [0.3, 0.4) is 0 Å². The van der Waals surface area contributed by atoms with Gasteiger partial charge in [-0.05, 0) is 28.5 Å². The summed E-state index contributed by atoms with van der Waals surface area (Å²) in [6.45, 7) is 20.0. The minimum Gasteiger partial charge on any atom is -0.358 e. The molecule has 0 nitrogen and oxygen atoms in total. The van der Waals surface area contributed by atoms with Crippen molar-refractivity contribution in [3.8, 4) is 11.8 Å². The van der Waals surface area contributed by atoms with Gasteiger partial charge in [0.25, 0.3) is 0 Å². The molecular weight excluding hydrogens is 533 g/mol. The minimum absolute atomic E-state index is 0. The van der Waals surface area contributed by atoms with Gasteiger partial charge in [-0.1, -0.05) is 137 Å². The molecule has 2 aliphatic carbocycles. The van der Waals surface area contributed by atoms with E-state index < -0.39 is 0 Å². The van der Waals surface area contributed by atoms with Gasteiger partial charge in [0.2, 0.25) is 0 Å². The summed E-state index contributed by atoms with van der Waals surface area (Å²) in [6.07, 6.45) is 14.3. The third-order valence-electron chi connectivity index (χ3n) is 4.90. The second-order valence-electron chi connectivity index (χ2n) is 6.77. The van der Waals surface area contributed by atoms with E-state index in [4.69, 9.17) is 0 Å². The zero-order chi connectivity index (χ0) is 27.6. The second-order valence-corrected chi connectivity index (χ2v) is 6.77. The molecule has 1 heteroatoms. The van der Waals surface area contributed by atoms with E-state index in [1.165, 1.54) is 47.6 Å². The van der Waals surface area contributed by atoms with Crippen LogP contribution in [-0.4, -0.2) is 0 Å². The summed E-state index contributed by atoms with van der Waals surface area (Å²) in [7, 11) is 0. The third kappa shape index (κ3) is 16.3. The van der Waals surface area contributed by atoms with E-state index >= 15 is 0 Å². The molecule has 5 rings (SSSR count). The molecule has 0 aromatic heterocycles. The molecule has 2 aliphatic rings. The Morgan fingerprint density at radius 3 is 1.79 bits per heavy atom. The molecule has 0 radical (unpaired) electrons. The Morgan fingerprint density at radius 2 is 1.24 bits per heavy atom. The quantitative estimate of drug-likeness (QED) is 0.181. The van der Waals surface area contributed by atoms with Crippen LogP contribution in [0.5, 0.6) is 0 Å². The SMILES string of the molecule is C(#Cc1cccc2c1CC=[C-]2)c1ccc2ccccc2c1.CC.CC.CC.CC.CC.[CH-]1CCCC1.[CH3-].[Y+3]. The summed E-state index contributed by atoms with van der Waals surface area (Å²) in [6, 6.07) is 21.0. The van der Waals surface area contributed by atoms with Crippen LogP contribution in [0, 0.1) is 31.8 Å². The fraction of sp³-hybridized carbons (Fsp3) is 0.405. The molecule has 3 aromatic carbocycles. The number of benzene rings is 3. The Balaban J connectivity index is -0.000000289. The summed E-state index contributed by atoms with van der Waals surface area (Å²) < 4.78 is 0. The largest absolute Gasteiger partial charge is 3.00 e. The van der Waals surface area contributed by atoms with Crippen LogP contribution in [0.4, 0.5) is 0 Å². The molecule has 0 atom stereocenters. The number of allylic oxidation sites excluding steroid dienone is 1. The Bertz CT molecular complexity index is 990. The fourth-order valence-electron chi connectivity index (χ4n) is 3.45. The molecule has 0 spiro atoms. The maximum atomic E-state index is 3.32. The van der Waals surface area contributed by atoms with Crippen molar-refractivity contribution >= 4 is 10.8 Å². The maximum Gasteiger partial charge on any atom is 3.00 e. The van der Waals surface area contributed by atoms with Gasteiger partial charge in [-0.25, -0.2) is 0 Å². The molecule has 0 bridgehead atoms. The van der Waals surface area contributed by atoms with Crippen molar-refractivity contribution in [1.29, 1.82) is 0 Å². The summed E-state index contributed by atoms with van der Waals surface area (Å²) in [4.78, 5) is 0. The molecule has 206 valence electrons. The average molecular weight is 589 g/mol. The molecule has 0 amide bonds. The minimum atomic E-state index is 0. The normalized spacial score (nSPS) is 10.6. The number of hydrogen-bond acceptors (Lipinski definition) is 0.